The lowest BCUT2D eigenvalue weighted by molar-refractivity contribution is -0.137. The van der Waals surface area contributed by atoms with Crippen LogP contribution >= 0.6 is 12.4 Å². The minimum absolute atomic E-state index is 0. The molecule has 0 aromatic heterocycles. The molecule has 2 unspecified atom stereocenters. The lowest BCUT2D eigenvalue weighted by atomic mass is 9.64. The Labute approximate surface area is 167 Å². The van der Waals surface area contributed by atoms with Gasteiger partial charge in [0.1, 0.15) is 12.1 Å². The van der Waals surface area contributed by atoms with Gasteiger partial charge >= 0.3 is 6.03 Å². The van der Waals surface area contributed by atoms with E-state index in [0.717, 1.165) is 11.3 Å². The van der Waals surface area contributed by atoms with E-state index in [1.54, 1.807) is 7.11 Å². The van der Waals surface area contributed by atoms with E-state index in [1.807, 2.05) is 0 Å². The zero-order valence-electron chi connectivity index (χ0n) is 16.7. The highest BCUT2D eigenvalue weighted by atomic mass is 35.5. The molecule has 8 nitrogen and oxygen atoms in total. The van der Waals surface area contributed by atoms with Crippen LogP contribution in [-0.4, -0.2) is 68.2 Å². The third kappa shape index (κ3) is 6.05. The summed E-state index contributed by atoms with van der Waals surface area (Å²) in [6.07, 6.45) is 2.26. The molecular weight excluding hydrogens is 372 g/mol. The van der Waals surface area contributed by atoms with Crippen molar-refractivity contribution in [3.63, 3.8) is 0 Å². The predicted molar refractivity (Wildman–Crippen MR) is 105 cm³/mol. The molecule has 1 aliphatic heterocycles. The van der Waals surface area contributed by atoms with Crippen molar-refractivity contribution in [1.29, 1.82) is 0 Å². The third-order valence-corrected chi connectivity index (χ3v) is 5.03. The zero-order valence-corrected chi connectivity index (χ0v) is 17.5. The van der Waals surface area contributed by atoms with Gasteiger partial charge < -0.3 is 20.7 Å². The van der Waals surface area contributed by atoms with Gasteiger partial charge in [-0.2, -0.15) is 0 Å². The maximum absolute atomic E-state index is 12.9. The molecule has 4 amide bonds. The minimum atomic E-state index is -0.861. The molecule has 1 spiro atoms. The van der Waals surface area contributed by atoms with E-state index < -0.39 is 11.6 Å². The van der Waals surface area contributed by atoms with Crippen molar-refractivity contribution in [2.75, 3.05) is 39.9 Å². The highest BCUT2D eigenvalue weighted by Crippen LogP contribution is 2.46. The first-order valence-corrected chi connectivity index (χ1v) is 9.30. The number of hydrogen-bond acceptors (Lipinski definition) is 5. The number of halogens is 1. The average Bonchev–Trinajstić information content (AvgIpc) is 2.72. The summed E-state index contributed by atoms with van der Waals surface area (Å²) in [5, 5.41) is 8.72. The lowest BCUT2D eigenvalue weighted by Gasteiger charge is -2.43. The Morgan fingerprint density at radius 1 is 1.26 bits per heavy atom. The fourth-order valence-corrected chi connectivity index (χ4v) is 4.44. The van der Waals surface area contributed by atoms with Crippen molar-refractivity contribution in [3.05, 3.63) is 0 Å². The fourth-order valence-electron chi connectivity index (χ4n) is 4.44. The summed E-state index contributed by atoms with van der Waals surface area (Å²) >= 11 is 0. The number of hydrogen-bond donors (Lipinski definition) is 3. The van der Waals surface area contributed by atoms with Crippen LogP contribution in [0.1, 0.15) is 40.0 Å². The Balaban J connectivity index is 0.00000364. The lowest BCUT2D eigenvalue weighted by Crippen LogP contribution is -2.54. The van der Waals surface area contributed by atoms with E-state index in [-0.39, 0.29) is 36.2 Å². The number of carbonyl (C=O) groups excluding carboxylic acids is 3. The second kappa shape index (κ2) is 9.71. The molecule has 0 radical (unpaired) electrons. The van der Waals surface area contributed by atoms with Crippen LogP contribution in [0.25, 0.3) is 0 Å². The van der Waals surface area contributed by atoms with Gasteiger partial charge in [-0.1, -0.05) is 20.8 Å². The first-order valence-electron chi connectivity index (χ1n) is 9.30. The fraction of sp³-hybridized carbons (Fsp3) is 0.833. The van der Waals surface area contributed by atoms with Crippen LogP contribution in [-0.2, 0) is 14.3 Å². The Morgan fingerprint density at radius 2 is 1.96 bits per heavy atom. The number of ether oxygens (including phenoxy) is 1. The van der Waals surface area contributed by atoms with Crippen molar-refractivity contribution >= 4 is 30.3 Å². The van der Waals surface area contributed by atoms with Gasteiger partial charge in [0.15, 0.2) is 0 Å². The summed E-state index contributed by atoms with van der Waals surface area (Å²) in [7, 11) is 1.63. The molecule has 2 rings (SSSR count). The second-order valence-electron chi connectivity index (χ2n) is 8.35. The monoisotopic (exact) mass is 404 g/mol. The number of nitrogens with zero attached hydrogens (tertiary/aromatic N) is 1. The van der Waals surface area contributed by atoms with Crippen molar-refractivity contribution in [3.8, 4) is 0 Å². The predicted octanol–water partition coefficient (Wildman–Crippen LogP) is 0.897. The number of carbonyl (C=O) groups is 3. The summed E-state index contributed by atoms with van der Waals surface area (Å²) in [5.41, 5.74) is -0.882. The van der Waals surface area contributed by atoms with Crippen LogP contribution in [0.3, 0.4) is 0 Å². The Bertz CT molecular complexity index is 557. The summed E-state index contributed by atoms with van der Waals surface area (Å²) in [4.78, 5) is 38.5. The maximum Gasteiger partial charge on any atom is 0.325 e. The van der Waals surface area contributed by atoms with Crippen molar-refractivity contribution in [1.82, 2.24) is 20.9 Å². The van der Waals surface area contributed by atoms with Crippen molar-refractivity contribution in [2.45, 2.75) is 45.6 Å². The number of rotatable bonds is 8. The van der Waals surface area contributed by atoms with Crippen molar-refractivity contribution in [2.24, 2.45) is 11.3 Å². The van der Waals surface area contributed by atoms with Gasteiger partial charge in [-0.25, -0.2) is 4.79 Å². The summed E-state index contributed by atoms with van der Waals surface area (Å²) in [6, 6.07) is -0.465. The Morgan fingerprint density at radius 3 is 2.59 bits per heavy atom. The zero-order chi connectivity index (χ0) is 19.4. The molecule has 1 aliphatic carbocycles. The van der Waals surface area contributed by atoms with Gasteiger partial charge in [-0.05, 0) is 30.6 Å². The molecule has 2 aliphatic rings. The normalized spacial score (nSPS) is 26.7. The van der Waals surface area contributed by atoms with Crippen LogP contribution < -0.4 is 16.0 Å². The van der Waals surface area contributed by atoms with Gasteiger partial charge in [-0.3, -0.25) is 14.5 Å². The van der Waals surface area contributed by atoms with Crippen molar-refractivity contribution < 1.29 is 19.1 Å². The van der Waals surface area contributed by atoms with Gasteiger partial charge in [0.2, 0.25) is 5.91 Å². The van der Waals surface area contributed by atoms with Crippen LogP contribution in [0.4, 0.5) is 4.79 Å². The first kappa shape index (κ1) is 23.7. The molecule has 0 aromatic carbocycles. The molecule has 3 N–H and O–H groups in total. The molecule has 9 heteroatoms. The minimum Gasteiger partial charge on any atom is -0.383 e. The Kier molecular flexibility index (Phi) is 8.50. The van der Waals surface area contributed by atoms with Crippen LogP contribution in [0.15, 0.2) is 0 Å². The average molecular weight is 405 g/mol. The van der Waals surface area contributed by atoms with Gasteiger partial charge in [0.05, 0.1) is 6.61 Å². The smallest absolute Gasteiger partial charge is 0.325 e. The van der Waals surface area contributed by atoms with E-state index in [9.17, 15) is 14.4 Å². The van der Waals surface area contributed by atoms with E-state index >= 15 is 0 Å². The molecule has 156 valence electrons. The second-order valence-corrected chi connectivity index (χ2v) is 8.35. The highest BCUT2D eigenvalue weighted by molar-refractivity contribution is 6.09. The third-order valence-electron chi connectivity index (χ3n) is 5.03. The molecule has 1 saturated carbocycles. The molecule has 2 atom stereocenters. The summed E-state index contributed by atoms with van der Waals surface area (Å²) < 4.78 is 4.92. The molecule has 1 heterocycles. The van der Waals surface area contributed by atoms with E-state index in [4.69, 9.17) is 4.74 Å². The largest absolute Gasteiger partial charge is 0.383 e. The molecule has 2 fully saturated rings. The van der Waals surface area contributed by atoms with E-state index in [1.165, 1.54) is 0 Å². The van der Waals surface area contributed by atoms with Crippen LogP contribution in [0.2, 0.25) is 0 Å². The first-order chi connectivity index (χ1) is 12.2. The number of urea groups is 1. The standard InChI is InChI=1S/C18H32N4O4.ClH/c1-13-9-17(2,3)12-18(10-13)15(24)22(16(25)21-18)11-14(23)20-6-5-19-7-8-26-4;/h13,19H,5-12H2,1-4H3,(H,20,23)(H,21,25);1H. The molecule has 0 bridgehead atoms. The number of imide groups is 1. The molecular formula is C18H33ClN4O4. The summed E-state index contributed by atoms with van der Waals surface area (Å²) in [5.74, 6) is -0.257. The maximum atomic E-state index is 12.9. The number of methoxy groups -OCH3 is 1. The number of amides is 4. The van der Waals surface area contributed by atoms with Gasteiger partial charge in [-0.15, -0.1) is 12.4 Å². The van der Waals surface area contributed by atoms with Gasteiger partial charge in [0, 0.05) is 26.7 Å². The summed E-state index contributed by atoms with van der Waals surface area (Å²) in [6.45, 7) is 8.45. The van der Waals surface area contributed by atoms with Crippen LogP contribution in [0.5, 0.6) is 0 Å². The SMILES string of the molecule is COCCNCCNC(=O)CN1C(=O)NC2(CC(C)CC(C)(C)C2)C1=O.Cl. The topological polar surface area (TPSA) is 99.8 Å². The highest BCUT2D eigenvalue weighted by Gasteiger charge is 2.56. The molecule has 0 aromatic rings. The van der Waals surface area contributed by atoms with Crippen LogP contribution in [0, 0.1) is 11.3 Å². The molecule has 1 saturated heterocycles. The molecule has 27 heavy (non-hydrogen) atoms. The van der Waals surface area contributed by atoms with Gasteiger partial charge in [0.25, 0.3) is 5.91 Å². The van der Waals surface area contributed by atoms with E-state index in [2.05, 4.69) is 36.7 Å². The van der Waals surface area contributed by atoms with E-state index in [0.29, 0.717) is 45.0 Å². The Hall–Kier alpha value is -1.38. The number of nitrogens with one attached hydrogen (secondary N) is 3. The quantitative estimate of drug-likeness (QED) is 0.412.